The van der Waals surface area contributed by atoms with Crippen molar-refractivity contribution in [1.82, 2.24) is 19.6 Å². The van der Waals surface area contributed by atoms with Crippen LogP contribution in [-0.4, -0.2) is 26.2 Å². The summed E-state index contributed by atoms with van der Waals surface area (Å²) in [4.78, 5) is 9.99. The SMILES string of the molecule is CCOc1ccc(-c2nc3c4c(ncn3n2)-c2ccccc2CC42CCCCC2)cc1. The molecule has 156 valence electrons. The van der Waals surface area contributed by atoms with Crippen LogP contribution in [0.15, 0.2) is 54.9 Å². The van der Waals surface area contributed by atoms with Gasteiger partial charge in [-0.15, -0.1) is 5.10 Å². The Morgan fingerprint density at radius 3 is 2.61 bits per heavy atom. The second-order valence-electron chi connectivity index (χ2n) is 8.80. The van der Waals surface area contributed by atoms with E-state index in [9.17, 15) is 0 Å². The van der Waals surface area contributed by atoms with E-state index in [1.165, 1.54) is 48.8 Å². The fourth-order valence-electron chi connectivity index (χ4n) is 5.55. The van der Waals surface area contributed by atoms with Crippen LogP contribution in [0.1, 0.15) is 50.2 Å². The molecule has 0 radical (unpaired) electrons. The first-order valence-electron chi connectivity index (χ1n) is 11.3. The smallest absolute Gasteiger partial charge is 0.182 e. The number of fused-ring (bicyclic) bond motifs is 6. The Kier molecular flexibility index (Phi) is 4.30. The van der Waals surface area contributed by atoms with Gasteiger partial charge in [-0.3, -0.25) is 0 Å². The van der Waals surface area contributed by atoms with Gasteiger partial charge in [-0.1, -0.05) is 43.5 Å². The van der Waals surface area contributed by atoms with Crippen LogP contribution in [0.4, 0.5) is 0 Å². The summed E-state index contributed by atoms with van der Waals surface area (Å²) in [5.41, 5.74) is 7.14. The van der Waals surface area contributed by atoms with E-state index in [1.807, 2.05) is 42.0 Å². The molecule has 5 nitrogen and oxygen atoms in total. The van der Waals surface area contributed by atoms with Crippen LogP contribution in [0.2, 0.25) is 0 Å². The lowest BCUT2D eigenvalue weighted by molar-refractivity contribution is 0.288. The van der Waals surface area contributed by atoms with Gasteiger partial charge < -0.3 is 4.74 Å². The molecule has 1 fully saturated rings. The van der Waals surface area contributed by atoms with Gasteiger partial charge in [-0.05, 0) is 56.0 Å². The quantitative estimate of drug-likeness (QED) is 0.440. The van der Waals surface area contributed by atoms with E-state index in [0.717, 1.165) is 34.9 Å². The van der Waals surface area contributed by atoms with Crippen molar-refractivity contribution < 1.29 is 4.74 Å². The summed E-state index contributed by atoms with van der Waals surface area (Å²) in [7, 11) is 0. The first-order chi connectivity index (χ1) is 15.3. The van der Waals surface area contributed by atoms with E-state index in [1.54, 1.807) is 0 Å². The fraction of sp³-hybridized carbons (Fsp3) is 0.346. The molecule has 0 atom stereocenters. The standard InChI is InChI=1S/C26H26N4O/c1-2-31-20-12-10-18(11-13-20)24-28-25-22-23(27-17-30(25)29-24)21-9-5-4-8-19(21)16-26(22)14-6-3-7-15-26/h4-5,8-13,17H,2-3,6-7,14-16H2,1H3. The third-order valence-corrected chi connectivity index (χ3v) is 6.95. The normalized spacial score (nSPS) is 16.8. The van der Waals surface area contributed by atoms with E-state index in [-0.39, 0.29) is 5.41 Å². The van der Waals surface area contributed by atoms with Crippen molar-refractivity contribution in [3.05, 3.63) is 66.0 Å². The predicted molar refractivity (Wildman–Crippen MR) is 121 cm³/mol. The van der Waals surface area contributed by atoms with Gasteiger partial charge in [-0.2, -0.15) is 0 Å². The number of benzene rings is 2. The van der Waals surface area contributed by atoms with Crippen molar-refractivity contribution in [1.29, 1.82) is 0 Å². The zero-order chi connectivity index (χ0) is 20.8. The Hall–Kier alpha value is -3.21. The molecule has 0 N–H and O–H groups in total. The zero-order valence-electron chi connectivity index (χ0n) is 17.8. The maximum Gasteiger partial charge on any atom is 0.182 e. The minimum atomic E-state index is 0.112. The van der Waals surface area contributed by atoms with E-state index < -0.39 is 0 Å². The number of nitrogens with zero attached hydrogens (tertiary/aromatic N) is 4. The summed E-state index contributed by atoms with van der Waals surface area (Å²) in [6.45, 7) is 2.65. The highest BCUT2D eigenvalue weighted by Gasteiger charge is 2.42. The largest absolute Gasteiger partial charge is 0.494 e. The lowest BCUT2D eigenvalue weighted by atomic mass is 9.62. The van der Waals surface area contributed by atoms with Crippen LogP contribution in [-0.2, 0) is 11.8 Å². The van der Waals surface area contributed by atoms with Crippen LogP contribution >= 0.6 is 0 Å². The van der Waals surface area contributed by atoms with Gasteiger partial charge in [0.25, 0.3) is 0 Å². The maximum absolute atomic E-state index is 5.58. The molecule has 2 heterocycles. The van der Waals surface area contributed by atoms with Gasteiger partial charge in [0.2, 0.25) is 0 Å². The van der Waals surface area contributed by atoms with Crippen molar-refractivity contribution in [3.63, 3.8) is 0 Å². The summed E-state index contributed by atoms with van der Waals surface area (Å²) < 4.78 is 7.47. The average Bonchev–Trinajstić information content (AvgIpc) is 3.24. The number of hydrogen-bond acceptors (Lipinski definition) is 4. The molecular formula is C26H26N4O. The van der Waals surface area contributed by atoms with Gasteiger partial charge in [0.15, 0.2) is 11.5 Å². The van der Waals surface area contributed by atoms with Gasteiger partial charge in [0, 0.05) is 22.1 Å². The van der Waals surface area contributed by atoms with Crippen LogP contribution in [0, 0.1) is 0 Å². The highest BCUT2D eigenvalue weighted by Crippen LogP contribution is 2.50. The molecule has 2 aromatic heterocycles. The third-order valence-electron chi connectivity index (χ3n) is 6.95. The Morgan fingerprint density at radius 1 is 1.00 bits per heavy atom. The van der Waals surface area contributed by atoms with E-state index in [2.05, 4.69) is 24.3 Å². The van der Waals surface area contributed by atoms with Crippen LogP contribution in [0.25, 0.3) is 28.3 Å². The second-order valence-corrected chi connectivity index (χ2v) is 8.80. The molecule has 31 heavy (non-hydrogen) atoms. The summed E-state index contributed by atoms with van der Waals surface area (Å²) in [6.07, 6.45) is 9.15. The Bertz CT molecular complexity index is 1250. The summed E-state index contributed by atoms with van der Waals surface area (Å²) >= 11 is 0. The van der Waals surface area contributed by atoms with Crippen molar-refractivity contribution in [3.8, 4) is 28.4 Å². The summed E-state index contributed by atoms with van der Waals surface area (Å²) in [5.74, 6) is 1.61. The lowest BCUT2D eigenvalue weighted by Crippen LogP contribution is -2.36. The average molecular weight is 411 g/mol. The van der Waals surface area contributed by atoms with E-state index in [0.29, 0.717) is 6.61 Å². The first-order valence-corrected chi connectivity index (χ1v) is 11.3. The first kappa shape index (κ1) is 18.6. The highest BCUT2D eigenvalue weighted by atomic mass is 16.5. The number of rotatable bonds is 3. The molecule has 4 aromatic rings. The van der Waals surface area contributed by atoms with Gasteiger partial charge in [0.1, 0.15) is 12.1 Å². The molecule has 0 amide bonds. The van der Waals surface area contributed by atoms with Crippen LogP contribution in [0.5, 0.6) is 5.75 Å². The van der Waals surface area contributed by atoms with Gasteiger partial charge >= 0.3 is 0 Å². The fourth-order valence-corrected chi connectivity index (χ4v) is 5.55. The molecule has 0 bridgehead atoms. The number of aromatic nitrogens is 4. The monoisotopic (exact) mass is 410 g/mol. The molecule has 2 aromatic carbocycles. The molecule has 1 saturated carbocycles. The predicted octanol–water partition coefficient (Wildman–Crippen LogP) is 5.62. The second kappa shape index (κ2) is 7.19. The zero-order valence-corrected chi connectivity index (χ0v) is 17.8. The maximum atomic E-state index is 5.58. The van der Waals surface area contributed by atoms with E-state index in [4.69, 9.17) is 19.8 Å². The molecule has 2 aliphatic carbocycles. The van der Waals surface area contributed by atoms with Crippen molar-refractivity contribution in [2.45, 2.75) is 50.9 Å². The highest BCUT2D eigenvalue weighted by molar-refractivity contribution is 5.78. The summed E-state index contributed by atoms with van der Waals surface area (Å²) in [5, 5.41) is 4.80. The Balaban J connectivity index is 1.54. The molecular weight excluding hydrogens is 384 g/mol. The Labute approximate surface area is 182 Å². The van der Waals surface area contributed by atoms with Gasteiger partial charge in [0.05, 0.1) is 12.3 Å². The molecule has 0 aliphatic heterocycles. The molecule has 0 unspecified atom stereocenters. The summed E-state index contributed by atoms with van der Waals surface area (Å²) in [6, 6.07) is 16.8. The molecule has 1 spiro atoms. The molecule has 5 heteroatoms. The Morgan fingerprint density at radius 2 is 1.81 bits per heavy atom. The van der Waals surface area contributed by atoms with Crippen LogP contribution < -0.4 is 4.74 Å². The van der Waals surface area contributed by atoms with Crippen molar-refractivity contribution in [2.75, 3.05) is 6.61 Å². The third kappa shape index (κ3) is 2.94. The number of hydrogen-bond donors (Lipinski definition) is 0. The molecule has 2 aliphatic rings. The minimum Gasteiger partial charge on any atom is -0.494 e. The van der Waals surface area contributed by atoms with Gasteiger partial charge in [-0.25, -0.2) is 14.5 Å². The minimum absolute atomic E-state index is 0.112. The molecule has 6 rings (SSSR count). The molecule has 0 saturated heterocycles. The topological polar surface area (TPSA) is 52.3 Å². The lowest BCUT2D eigenvalue weighted by Gasteiger charge is -2.42. The van der Waals surface area contributed by atoms with Crippen molar-refractivity contribution >= 4 is 5.65 Å². The van der Waals surface area contributed by atoms with Crippen LogP contribution in [0.3, 0.4) is 0 Å². The van der Waals surface area contributed by atoms with E-state index >= 15 is 0 Å². The van der Waals surface area contributed by atoms with Crippen molar-refractivity contribution in [2.24, 2.45) is 0 Å². The number of ether oxygens (including phenoxy) is 1.